The average molecular weight is 357 g/mol. The highest BCUT2D eigenvalue weighted by Crippen LogP contribution is 2.33. The summed E-state index contributed by atoms with van der Waals surface area (Å²) in [6, 6.07) is 7.86. The van der Waals surface area contributed by atoms with Gasteiger partial charge in [0, 0.05) is 30.6 Å². The quantitative estimate of drug-likeness (QED) is 0.750. The zero-order valence-electron chi connectivity index (χ0n) is 16.0. The van der Waals surface area contributed by atoms with Crippen molar-refractivity contribution in [1.82, 2.24) is 4.90 Å². The molecule has 0 bridgehead atoms. The Labute approximate surface area is 156 Å². The minimum atomic E-state index is -0.111. The van der Waals surface area contributed by atoms with Gasteiger partial charge in [0.15, 0.2) is 0 Å². The van der Waals surface area contributed by atoms with Crippen molar-refractivity contribution in [3.63, 3.8) is 0 Å². The molecule has 0 radical (unpaired) electrons. The third-order valence-corrected chi connectivity index (χ3v) is 5.45. The van der Waals surface area contributed by atoms with Gasteiger partial charge in [0.25, 0.3) is 0 Å². The van der Waals surface area contributed by atoms with Crippen molar-refractivity contribution in [3.05, 3.63) is 29.8 Å². The summed E-state index contributed by atoms with van der Waals surface area (Å²) in [7, 11) is 0. The summed E-state index contributed by atoms with van der Waals surface area (Å²) in [5.74, 6) is 0.695. The largest absolute Gasteiger partial charge is 0.338 e. The maximum Gasteiger partial charge on any atom is 0.227 e. The van der Waals surface area contributed by atoms with Crippen molar-refractivity contribution in [2.24, 2.45) is 23.0 Å². The SMILES string of the molecule is CC(C)(CN)CN(Cc1cccc(NC(=O)C2CCC2)c1)C(=O)C1CC1. The van der Waals surface area contributed by atoms with Crippen LogP contribution in [0, 0.1) is 17.3 Å². The maximum atomic E-state index is 12.7. The number of benzene rings is 1. The van der Waals surface area contributed by atoms with Crippen LogP contribution in [0.2, 0.25) is 0 Å². The van der Waals surface area contributed by atoms with Crippen LogP contribution in [-0.4, -0.2) is 29.8 Å². The van der Waals surface area contributed by atoms with E-state index < -0.39 is 0 Å². The molecule has 26 heavy (non-hydrogen) atoms. The van der Waals surface area contributed by atoms with E-state index in [4.69, 9.17) is 5.73 Å². The third-order valence-electron chi connectivity index (χ3n) is 5.45. The van der Waals surface area contributed by atoms with Crippen molar-refractivity contribution in [2.75, 3.05) is 18.4 Å². The summed E-state index contributed by atoms with van der Waals surface area (Å²) in [6.07, 6.45) is 5.12. The lowest BCUT2D eigenvalue weighted by atomic mass is 9.85. The number of carbonyl (C=O) groups excluding carboxylic acids is 2. The Morgan fingerprint density at radius 3 is 2.50 bits per heavy atom. The minimum absolute atomic E-state index is 0.111. The summed E-state index contributed by atoms with van der Waals surface area (Å²) in [5.41, 5.74) is 7.63. The molecule has 5 heteroatoms. The van der Waals surface area contributed by atoms with E-state index in [0.29, 0.717) is 19.6 Å². The molecule has 2 amide bonds. The van der Waals surface area contributed by atoms with Crippen molar-refractivity contribution in [3.8, 4) is 0 Å². The highest BCUT2D eigenvalue weighted by atomic mass is 16.2. The molecule has 2 aliphatic carbocycles. The molecular weight excluding hydrogens is 326 g/mol. The second-order valence-electron chi connectivity index (χ2n) is 8.65. The number of hydrogen-bond donors (Lipinski definition) is 2. The lowest BCUT2D eigenvalue weighted by molar-refractivity contribution is -0.134. The fraction of sp³-hybridized carbons (Fsp3) is 0.619. The van der Waals surface area contributed by atoms with Crippen LogP contribution in [0.1, 0.15) is 51.5 Å². The third kappa shape index (κ3) is 4.85. The highest BCUT2D eigenvalue weighted by molar-refractivity contribution is 5.93. The van der Waals surface area contributed by atoms with E-state index >= 15 is 0 Å². The number of rotatable bonds is 8. The Bertz CT molecular complexity index is 663. The number of nitrogens with zero attached hydrogens (tertiary/aromatic N) is 1. The minimum Gasteiger partial charge on any atom is -0.338 e. The van der Waals surface area contributed by atoms with Gasteiger partial charge < -0.3 is 16.0 Å². The van der Waals surface area contributed by atoms with Gasteiger partial charge in [-0.25, -0.2) is 0 Å². The Morgan fingerprint density at radius 1 is 1.19 bits per heavy atom. The van der Waals surface area contributed by atoms with E-state index in [1.54, 1.807) is 0 Å². The first-order valence-corrected chi connectivity index (χ1v) is 9.76. The van der Waals surface area contributed by atoms with E-state index in [9.17, 15) is 9.59 Å². The monoisotopic (exact) mass is 357 g/mol. The molecule has 3 N–H and O–H groups in total. The molecule has 3 rings (SSSR count). The van der Waals surface area contributed by atoms with Crippen molar-refractivity contribution < 1.29 is 9.59 Å². The molecule has 1 aromatic carbocycles. The molecule has 2 fully saturated rings. The second-order valence-corrected chi connectivity index (χ2v) is 8.65. The van der Waals surface area contributed by atoms with Crippen molar-refractivity contribution >= 4 is 17.5 Å². The van der Waals surface area contributed by atoms with E-state index in [-0.39, 0.29) is 29.1 Å². The summed E-state index contributed by atoms with van der Waals surface area (Å²) in [4.78, 5) is 26.8. The topological polar surface area (TPSA) is 75.4 Å². The Morgan fingerprint density at radius 2 is 1.92 bits per heavy atom. The van der Waals surface area contributed by atoms with Crippen LogP contribution < -0.4 is 11.1 Å². The van der Waals surface area contributed by atoms with Gasteiger partial charge in [0.2, 0.25) is 11.8 Å². The van der Waals surface area contributed by atoms with Crippen molar-refractivity contribution in [2.45, 2.75) is 52.5 Å². The lowest BCUT2D eigenvalue weighted by Crippen LogP contribution is -2.42. The van der Waals surface area contributed by atoms with Crippen LogP contribution in [0.4, 0.5) is 5.69 Å². The number of nitrogens with two attached hydrogens (primary N) is 1. The zero-order valence-corrected chi connectivity index (χ0v) is 16.0. The number of carbonyl (C=O) groups is 2. The fourth-order valence-electron chi connectivity index (χ4n) is 3.26. The summed E-state index contributed by atoms with van der Waals surface area (Å²) in [5, 5.41) is 3.02. The van der Waals surface area contributed by atoms with Gasteiger partial charge in [-0.05, 0) is 55.3 Å². The van der Waals surface area contributed by atoms with E-state index in [2.05, 4.69) is 19.2 Å². The van der Waals surface area contributed by atoms with Crippen LogP contribution in [0.15, 0.2) is 24.3 Å². The molecule has 0 aliphatic heterocycles. The zero-order chi connectivity index (χ0) is 18.7. The van der Waals surface area contributed by atoms with E-state index in [1.165, 1.54) is 0 Å². The van der Waals surface area contributed by atoms with Gasteiger partial charge in [-0.15, -0.1) is 0 Å². The molecule has 5 nitrogen and oxygen atoms in total. The molecule has 142 valence electrons. The summed E-state index contributed by atoms with van der Waals surface area (Å²) < 4.78 is 0. The average Bonchev–Trinajstić information content (AvgIpc) is 3.37. The molecule has 0 unspecified atom stereocenters. The second kappa shape index (κ2) is 7.78. The van der Waals surface area contributed by atoms with E-state index in [0.717, 1.165) is 43.4 Å². The Hall–Kier alpha value is -1.88. The predicted molar refractivity (Wildman–Crippen MR) is 103 cm³/mol. The van der Waals surface area contributed by atoms with Crippen molar-refractivity contribution in [1.29, 1.82) is 0 Å². The summed E-state index contributed by atoms with van der Waals surface area (Å²) in [6.45, 7) is 5.94. The predicted octanol–water partition coefficient (Wildman–Crippen LogP) is 3.15. The molecule has 0 spiro atoms. The normalized spacial score (nSPS) is 17.5. The van der Waals surface area contributed by atoms with Gasteiger partial charge in [-0.1, -0.05) is 32.4 Å². The van der Waals surface area contributed by atoms with Gasteiger partial charge in [0.05, 0.1) is 0 Å². The maximum absolute atomic E-state index is 12.7. The van der Waals surface area contributed by atoms with Gasteiger partial charge in [-0.3, -0.25) is 9.59 Å². The number of amides is 2. The summed E-state index contributed by atoms with van der Waals surface area (Å²) >= 11 is 0. The molecule has 2 saturated carbocycles. The number of hydrogen-bond acceptors (Lipinski definition) is 3. The number of nitrogens with one attached hydrogen (secondary N) is 1. The molecule has 0 atom stereocenters. The van der Waals surface area contributed by atoms with E-state index in [1.807, 2.05) is 29.2 Å². The van der Waals surface area contributed by atoms with Gasteiger partial charge in [-0.2, -0.15) is 0 Å². The van der Waals surface area contributed by atoms with Gasteiger partial charge >= 0.3 is 0 Å². The molecule has 0 heterocycles. The molecule has 2 aliphatic rings. The standard InChI is InChI=1S/C21H31N3O2/c1-21(2,13-22)14-24(20(26)17-9-10-17)12-15-5-3-8-18(11-15)23-19(25)16-6-4-7-16/h3,5,8,11,16-17H,4,6-7,9-10,12-14,22H2,1-2H3,(H,23,25). The number of anilines is 1. The Kier molecular flexibility index (Phi) is 5.66. The van der Waals surface area contributed by atoms with Crippen LogP contribution in [0.3, 0.4) is 0 Å². The molecule has 0 aromatic heterocycles. The smallest absolute Gasteiger partial charge is 0.227 e. The first-order chi connectivity index (χ1) is 12.4. The van der Waals surface area contributed by atoms with Crippen LogP contribution >= 0.6 is 0 Å². The van der Waals surface area contributed by atoms with Gasteiger partial charge in [0.1, 0.15) is 0 Å². The van der Waals surface area contributed by atoms with Crippen LogP contribution in [0.25, 0.3) is 0 Å². The first-order valence-electron chi connectivity index (χ1n) is 9.76. The lowest BCUT2D eigenvalue weighted by Gasteiger charge is -2.32. The molecule has 1 aromatic rings. The highest BCUT2D eigenvalue weighted by Gasteiger charge is 2.35. The Balaban J connectivity index is 1.68. The van der Waals surface area contributed by atoms with Crippen LogP contribution in [0.5, 0.6) is 0 Å². The molecular formula is C21H31N3O2. The fourth-order valence-corrected chi connectivity index (χ4v) is 3.26. The molecule has 0 saturated heterocycles. The first kappa shape index (κ1) is 18.9. The van der Waals surface area contributed by atoms with Crippen LogP contribution in [-0.2, 0) is 16.1 Å².